The molecule has 1 heterocycles. The van der Waals surface area contributed by atoms with Gasteiger partial charge in [-0.25, -0.2) is 5.10 Å². The maximum absolute atomic E-state index is 12.2. The number of hydrogen-bond donors (Lipinski definition) is 2. The number of fused-ring (bicyclic) bond motifs is 1. The van der Waals surface area contributed by atoms with Gasteiger partial charge in [0.2, 0.25) is 0 Å². The molecule has 3 aromatic rings. The maximum Gasteiger partial charge on any atom is 0.312 e. The van der Waals surface area contributed by atoms with Crippen LogP contribution in [0.4, 0.5) is 0 Å². The summed E-state index contributed by atoms with van der Waals surface area (Å²) in [6, 6.07) is 15.4. The van der Waals surface area contributed by atoms with Gasteiger partial charge >= 0.3 is 5.97 Å². The van der Waals surface area contributed by atoms with Crippen molar-refractivity contribution in [1.29, 1.82) is 0 Å². The summed E-state index contributed by atoms with van der Waals surface area (Å²) in [6.45, 7) is 0.880. The van der Waals surface area contributed by atoms with Crippen molar-refractivity contribution < 1.29 is 19.1 Å². The number of nitrogens with one attached hydrogen (secondary N) is 2. The molecule has 0 aliphatic carbocycles. The van der Waals surface area contributed by atoms with E-state index in [4.69, 9.17) is 4.74 Å². The van der Waals surface area contributed by atoms with E-state index in [0.717, 1.165) is 5.56 Å². The first-order valence-electron chi connectivity index (χ1n) is 9.39. The second kappa shape index (κ2) is 9.60. The second-order valence-electron chi connectivity index (χ2n) is 6.80. The van der Waals surface area contributed by atoms with E-state index in [-0.39, 0.29) is 17.8 Å². The Hall–Kier alpha value is -3.81. The summed E-state index contributed by atoms with van der Waals surface area (Å²) >= 11 is 0. The number of aromatic nitrogens is 2. The van der Waals surface area contributed by atoms with Crippen molar-refractivity contribution in [3.63, 3.8) is 0 Å². The number of ether oxygens (including phenoxy) is 1. The third-order valence-electron chi connectivity index (χ3n) is 4.56. The average molecular weight is 407 g/mol. The van der Waals surface area contributed by atoms with Crippen LogP contribution in [0.25, 0.3) is 10.8 Å². The Morgan fingerprint density at radius 2 is 1.70 bits per heavy atom. The van der Waals surface area contributed by atoms with Gasteiger partial charge in [0.05, 0.1) is 23.5 Å². The third-order valence-corrected chi connectivity index (χ3v) is 4.56. The van der Waals surface area contributed by atoms with Crippen LogP contribution in [0.15, 0.2) is 59.4 Å². The average Bonchev–Trinajstić information content (AvgIpc) is 2.75. The van der Waals surface area contributed by atoms with Crippen molar-refractivity contribution in [1.82, 2.24) is 15.5 Å². The van der Waals surface area contributed by atoms with E-state index in [9.17, 15) is 19.2 Å². The summed E-state index contributed by atoms with van der Waals surface area (Å²) in [5.41, 5.74) is 0.906. The van der Waals surface area contributed by atoms with Crippen LogP contribution < -0.4 is 10.9 Å². The Morgan fingerprint density at radius 1 is 1.03 bits per heavy atom. The highest BCUT2D eigenvalue weighted by atomic mass is 16.5. The summed E-state index contributed by atoms with van der Waals surface area (Å²) in [5.74, 6) is -1.43. The molecule has 0 fully saturated rings. The third kappa shape index (κ3) is 5.38. The minimum absolute atomic E-state index is 0.192. The normalized spacial score (nSPS) is 11.6. The monoisotopic (exact) mass is 407 g/mol. The Balaban J connectivity index is 1.56. The lowest BCUT2D eigenvalue weighted by Gasteiger charge is -2.16. The summed E-state index contributed by atoms with van der Waals surface area (Å²) < 4.78 is 5.02. The fourth-order valence-electron chi connectivity index (χ4n) is 3.02. The fraction of sp³-hybridized carbons (Fsp3) is 0.227. The predicted molar refractivity (Wildman–Crippen MR) is 110 cm³/mol. The topological polar surface area (TPSA) is 118 Å². The number of ketones is 1. The van der Waals surface area contributed by atoms with Crippen LogP contribution in [0.2, 0.25) is 0 Å². The van der Waals surface area contributed by atoms with Gasteiger partial charge in [0.25, 0.3) is 11.5 Å². The number of nitrogens with zero attached hydrogens (tertiary/aromatic N) is 1. The van der Waals surface area contributed by atoms with Gasteiger partial charge in [-0.05, 0) is 25.0 Å². The van der Waals surface area contributed by atoms with E-state index < -0.39 is 24.5 Å². The number of esters is 1. The molecule has 0 radical (unpaired) electrons. The molecule has 0 aliphatic rings. The number of H-pyrrole nitrogens is 1. The van der Waals surface area contributed by atoms with Gasteiger partial charge < -0.3 is 10.1 Å². The van der Waals surface area contributed by atoms with Crippen molar-refractivity contribution in [3.05, 3.63) is 76.2 Å². The van der Waals surface area contributed by atoms with Gasteiger partial charge in [-0.1, -0.05) is 48.5 Å². The summed E-state index contributed by atoms with van der Waals surface area (Å²) in [7, 11) is 0. The van der Waals surface area contributed by atoms with Gasteiger partial charge in [-0.2, -0.15) is 5.10 Å². The number of rotatable bonds is 8. The largest absolute Gasteiger partial charge is 0.455 e. The Bertz CT molecular complexity index is 1120. The highest BCUT2D eigenvalue weighted by Gasteiger charge is 2.19. The fourth-order valence-corrected chi connectivity index (χ4v) is 3.02. The molecule has 0 spiro atoms. The smallest absolute Gasteiger partial charge is 0.312 e. The van der Waals surface area contributed by atoms with E-state index in [0.29, 0.717) is 22.9 Å². The van der Waals surface area contributed by atoms with Crippen LogP contribution in [0.5, 0.6) is 0 Å². The summed E-state index contributed by atoms with van der Waals surface area (Å²) in [4.78, 5) is 48.0. The van der Waals surface area contributed by atoms with Crippen molar-refractivity contribution in [3.8, 4) is 0 Å². The van der Waals surface area contributed by atoms with Crippen LogP contribution in [-0.2, 0) is 32.0 Å². The number of carbonyl (C=O) groups is 3. The molecule has 8 nitrogen and oxygen atoms in total. The van der Waals surface area contributed by atoms with E-state index in [1.54, 1.807) is 24.3 Å². The molecule has 0 aliphatic heterocycles. The van der Waals surface area contributed by atoms with Crippen LogP contribution in [-0.4, -0.2) is 40.5 Å². The van der Waals surface area contributed by atoms with Crippen LogP contribution in [0.3, 0.4) is 0 Å². The highest BCUT2D eigenvalue weighted by molar-refractivity contribution is 5.90. The van der Waals surface area contributed by atoms with E-state index in [2.05, 4.69) is 15.5 Å². The molecule has 154 valence electrons. The molecular formula is C22H21N3O5. The van der Waals surface area contributed by atoms with Gasteiger partial charge in [0, 0.05) is 5.39 Å². The molecule has 2 aromatic carbocycles. The second-order valence-corrected chi connectivity index (χ2v) is 6.80. The molecule has 3 rings (SSSR count). The molecule has 8 heteroatoms. The standard InChI is InChI=1S/C22H21N3O5/c1-14(26)18(11-15-7-3-2-4-8-15)23-20(27)13-30-21(28)12-19-16-9-5-6-10-17(16)22(29)25-24-19/h2-10,18H,11-13H2,1H3,(H,23,27)(H,25,29)/t18-/m1/s1. The van der Waals surface area contributed by atoms with Crippen molar-refractivity contribution in [2.24, 2.45) is 0 Å². The molecular weight excluding hydrogens is 386 g/mol. The molecule has 30 heavy (non-hydrogen) atoms. The Kier molecular flexibility index (Phi) is 6.69. The molecule has 0 bridgehead atoms. The van der Waals surface area contributed by atoms with Gasteiger partial charge in [0.1, 0.15) is 0 Å². The molecule has 0 saturated carbocycles. The zero-order chi connectivity index (χ0) is 21.5. The van der Waals surface area contributed by atoms with Crippen LogP contribution in [0, 0.1) is 0 Å². The summed E-state index contributed by atoms with van der Waals surface area (Å²) in [6.07, 6.45) is 0.147. The molecule has 1 aromatic heterocycles. The minimum atomic E-state index is -0.705. The van der Waals surface area contributed by atoms with Crippen LogP contribution >= 0.6 is 0 Å². The van der Waals surface area contributed by atoms with Gasteiger partial charge in [0.15, 0.2) is 12.4 Å². The molecule has 1 atom stereocenters. The quantitative estimate of drug-likeness (QED) is 0.544. The maximum atomic E-state index is 12.2. The zero-order valence-corrected chi connectivity index (χ0v) is 16.4. The van der Waals surface area contributed by atoms with Gasteiger partial charge in [-0.15, -0.1) is 0 Å². The summed E-state index contributed by atoms with van der Waals surface area (Å²) in [5, 5.41) is 9.80. The lowest BCUT2D eigenvalue weighted by atomic mass is 10.0. The Labute approximate surface area is 172 Å². The number of Topliss-reactive ketones (excluding diaryl/α,β-unsaturated/α-hetero) is 1. The zero-order valence-electron chi connectivity index (χ0n) is 16.4. The lowest BCUT2D eigenvalue weighted by Crippen LogP contribution is -2.43. The highest BCUT2D eigenvalue weighted by Crippen LogP contribution is 2.13. The number of aromatic amines is 1. The van der Waals surface area contributed by atoms with Crippen molar-refractivity contribution >= 4 is 28.4 Å². The lowest BCUT2D eigenvalue weighted by molar-refractivity contribution is -0.148. The van der Waals surface area contributed by atoms with Gasteiger partial charge in [-0.3, -0.25) is 19.2 Å². The predicted octanol–water partition coefficient (Wildman–Crippen LogP) is 1.33. The number of amides is 1. The Morgan fingerprint density at radius 3 is 2.40 bits per heavy atom. The first-order valence-corrected chi connectivity index (χ1v) is 9.39. The van der Waals surface area contributed by atoms with Crippen LogP contribution in [0.1, 0.15) is 18.2 Å². The first-order chi connectivity index (χ1) is 14.4. The minimum Gasteiger partial charge on any atom is -0.455 e. The molecule has 1 amide bonds. The first kappa shape index (κ1) is 20.9. The van der Waals surface area contributed by atoms with E-state index >= 15 is 0 Å². The molecule has 2 N–H and O–H groups in total. The number of benzene rings is 2. The van der Waals surface area contributed by atoms with E-state index in [1.807, 2.05) is 30.3 Å². The van der Waals surface area contributed by atoms with E-state index in [1.165, 1.54) is 6.92 Å². The van der Waals surface area contributed by atoms with Crippen molar-refractivity contribution in [2.45, 2.75) is 25.8 Å². The molecule has 0 saturated heterocycles. The number of hydrogen-bond acceptors (Lipinski definition) is 6. The van der Waals surface area contributed by atoms with Crippen molar-refractivity contribution in [2.75, 3.05) is 6.61 Å². The number of carbonyl (C=O) groups excluding carboxylic acids is 3. The molecule has 0 unspecified atom stereocenters. The SMILES string of the molecule is CC(=O)[C@@H](Cc1ccccc1)NC(=O)COC(=O)Cc1n[nH]c(=O)c2ccccc12.